The van der Waals surface area contributed by atoms with Gasteiger partial charge in [-0.1, -0.05) is 19.3 Å². The molecule has 4 rings (SSSR count). The van der Waals surface area contributed by atoms with Crippen LogP contribution in [0.25, 0.3) is 0 Å². The summed E-state index contributed by atoms with van der Waals surface area (Å²) < 4.78 is 0. The third kappa shape index (κ3) is 4.09. The Balaban J connectivity index is 0.000000246. The molecule has 4 aliphatic rings. The van der Waals surface area contributed by atoms with Crippen molar-refractivity contribution >= 4 is 11.9 Å². The van der Waals surface area contributed by atoms with E-state index in [1.165, 1.54) is 64.7 Å². The highest BCUT2D eigenvalue weighted by Crippen LogP contribution is 2.46. The van der Waals surface area contributed by atoms with Gasteiger partial charge in [0, 0.05) is 38.3 Å². The van der Waals surface area contributed by atoms with Crippen LogP contribution in [0.15, 0.2) is 0 Å². The second-order valence-corrected chi connectivity index (χ2v) is 7.86. The molecule has 3 atom stereocenters. The Labute approximate surface area is 143 Å². The predicted octanol–water partition coefficient (Wildman–Crippen LogP) is 1.89. The highest BCUT2D eigenvalue weighted by molar-refractivity contribution is 6.27. The maximum absolute atomic E-state index is 9.10. The predicted molar refractivity (Wildman–Crippen MR) is 89.9 cm³/mol. The normalized spacial score (nSPS) is 34.1. The Morgan fingerprint density at radius 3 is 1.79 bits per heavy atom. The molecule has 0 amide bonds. The van der Waals surface area contributed by atoms with Crippen molar-refractivity contribution in [3.05, 3.63) is 0 Å². The first-order chi connectivity index (χ1) is 11.5. The van der Waals surface area contributed by atoms with Crippen molar-refractivity contribution in [1.82, 2.24) is 9.80 Å². The van der Waals surface area contributed by atoms with Gasteiger partial charge in [-0.25, -0.2) is 9.59 Å². The molecule has 2 N–H and O–H groups in total. The van der Waals surface area contributed by atoms with Crippen molar-refractivity contribution in [2.75, 3.05) is 26.2 Å². The van der Waals surface area contributed by atoms with Crippen LogP contribution in [-0.2, 0) is 9.59 Å². The number of aliphatic carboxylic acids is 2. The summed E-state index contributed by atoms with van der Waals surface area (Å²) in [6.07, 6.45) is 12.1. The molecule has 3 aliphatic carbocycles. The van der Waals surface area contributed by atoms with Gasteiger partial charge in [0.05, 0.1) is 0 Å². The van der Waals surface area contributed by atoms with Gasteiger partial charge >= 0.3 is 11.9 Å². The average Bonchev–Trinajstić information content (AvgIpc) is 3.33. The summed E-state index contributed by atoms with van der Waals surface area (Å²) in [4.78, 5) is 23.9. The Kier molecular flexibility index (Phi) is 5.76. The van der Waals surface area contributed by atoms with Crippen molar-refractivity contribution in [3.8, 4) is 0 Å². The van der Waals surface area contributed by atoms with Gasteiger partial charge in [0.15, 0.2) is 0 Å². The maximum Gasteiger partial charge on any atom is 0.414 e. The van der Waals surface area contributed by atoms with E-state index in [0.29, 0.717) is 0 Å². The van der Waals surface area contributed by atoms with Gasteiger partial charge in [0.1, 0.15) is 0 Å². The van der Waals surface area contributed by atoms with Gasteiger partial charge in [-0.05, 0) is 43.9 Å². The highest BCUT2D eigenvalue weighted by Gasteiger charge is 2.43. The molecule has 136 valence electrons. The Morgan fingerprint density at radius 2 is 1.33 bits per heavy atom. The molecule has 3 unspecified atom stereocenters. The minimum absolute atomic E-state index is 0.951. The Morgan fingerprint density at radius 1 is 0.750 bits per heavy atom. The molecular weight excluding hydrogens is 308 g/mol. The van der Waals surface area contributed by atoms with Crippen LogP contribution in [0.4, 0.5) is 0 Å². The van der Waals surface area contributed by atoms with Crippen LogP contribution in [0.2, 0.25) is 0 Å². The highest BCUT2D eigenvalue weighted by atomic mass is 16.4. The molecule has 1 aliphatic heterocycles. The minimum atomic E-state index is -1.82. The zero-order valence-electron chi connectivity index (χ0n) is 14.4. The fourth-order valence-corrected chi connectivity index (χ4v) is 5.36. The third-order valence-corrected chi connectivity index (χ3v) is 6.54. The molecule has 3 saturated carbocycles. The van der Waals surface area contributed by atoms with Crippen molar-refractivity contribution in [1.29, 1.82) is 0 Å². The van der Waals surface area contributed by atoms with Crippen molar-refractivity contribution < 1.29 is 19.8 Å². The number of hydrogen-bond donors (Lipinski definition) is 2. The SMILES string of the molecule is C1CCC(N2CCN(C3CC4CCC3C4)CC2)C1.O=C(O)C(=O)O. The van der Waals surface area contributed by atoms with Crippen molar-refractivity contribution in [3.63, 3.8) is 0 Å². The molecule has 0 aromatic heterocycles. The first kappa shape index (κ1) is 17.7. The summed E-state index contributed by atoms with van der Waals surface area (Å²) in [5.74, 6) is -1.47. The number of carboxylic acids is 2. The molecule has 0 aromatic carbocycles. The van der Waals surface area contributed by atoms with Crippen LogP contribution in [0.1, 0.15) is 51.4 Å². The van der Waals surface area contributed by atoms with Gasteiger partial charge in [0.25, 0.3) is 0 Å². The molecule has 1 heterocycles. The van der Waals surface area contributed by atoms with Gasteiger partial charge in [0.2, 0.25) is 0 Å². The fourth-order valence-electron chi connectivity index (χ4n) is 5.36. The lowest BCUT2D eigenvalue weighted by atomic mass is 9.93. The zero-order valence-corrected chi connectivity index (χ0v) is 14.4. The van der Waals surface area contributed by atoms with Gasteiger partial charge in [-0.2, -0.15) is 0 Å². The summed E-state index contributed by atoms with van der Waals surface area (Å²) in [6.45, 7) is 5.45. The number of nitrogens with zero attached hydrogens (tertiary/aromatic N) is 2. The number of rotatable bonds is 2. The molecule has 1 saturated heterocycles. The summed E-state index contributed by atoms with van der Waals surface area (Å²) in [5, 5.41) is 14.8. The topological polar surface area (TPSA) is 81.1 Å². The number of carbonyl (C=O) groups is 2. The minimum Gasteiger partial charge on any atom is -0.473 e. The maximum atomic E-state index is 9.10. The monoisotopic (exact) mass is 338 g/mol. The van der Waals surface area contributed by atoms with E-state index in [1.54, 1.807) is 12.8 Å². The van der Waals surface area contributed by atoms with Crippen LogP contribution in [0.5, 0.6) is 0 Å². The van der Waals surface area contributed by atoms with Crippen LogP contribution in [0, 0.1) is 11.8 Å². The summed E-state index contributed by atoms with van der Waals surface area (Å²) in [6, 6.07) is 1.93. The van der Waals surface area contributed by atoms with E-state index in [2.05, 4.69) is 9.80 Å². The Bertz CT molecular complexity index is 444. The van der Waals surface area contributed by atoms with E-state index in [9.17, 15) is 0 Å². The molecule has 6 nitrogen and oxygen atoms in total. The summed E-state index contributed by atoms with van der Waals surface area (Å²) in [5.41, 5.74) is 0. The first-order valence-corrected chi connectivity index (χ1v) is 9.49. The molecule has 24 heavy (non-hydrogen) atoms. The largest absolute Gasteiger partial charge is 0.473 e. The molecule has 6 heteroatoms. The second kappa shape index (κ2) is 7.83. The zero-order chi connectivity index (χ0) is 17.1. The lowest BCUT2D eigenvalue weighted by Crippen LogP contribution is -2.53. The average molecular weight is 338 g/mol. The third-order valence-electron chi connectivity index (χ3n) is 6.54. The second-order valence-electron chi connectivity index (χ2n) is 7.86. The number of fused-ring (bicyclic) bond motifs is 2. The first-order valence-electron chi connectivity index (χ1n) is 9.49. The van der Waals surface area contributed by atoms with Crippen molar-refractivity contribution in [2.45, 2.75) is 63.5 Å². The molecule has 0 aromatic rings. The van der Waals surface area contributed by atoms with E-state index < -0.39 is 11.9 Å². The van der Waals surface area contributed by atoms with Gasteiger partial charge < -0.3 is 10.2 Å². The van der Waals surface area contributed by atoms with Gasteiger partial charge in [-0.15, -0.1) is 0 Å². The van der Waals surface area contributed by atoms with E-state index >= 15 is 0 Å². The van der Waals surface area contributed by atoms with E-state index in [0.717, 1.165) is 23.9 Å². The molecule has 4 fully saturated rings. The standard InChI is InChI=1S/C16H28N2.C2H2O4/c1-2-4-15(3-1)17-7-9-18(10-8-17)16-12-13-5-6-14(16)11-13;3-1(4)2(5)6/h13-16H,1-12H2;(H,3,4)(H,5,6). The lowest BCUT2D eigenvalue weighted by molar-refractivity contribution is -0.159. The fraction of sp³-hybridized carbons (Fsp3) is 0.889. The Hall–Kier alpha value is -1.14. The van der Waals surface area contributed by atoms with Crippen LogP contribution in [0.3, 0.4) is 0 Å². The van der Waals surface area contributed by atoms with E-state index in [4.69, 9.17) is 19.8 Å². The van der Waals surface area contributed by atoms with Crippen LogP contribution in [-0.4, -0.2) is 70.2 Å². The summed E-state index contributed by atoms with van der Waals surface area (Å²) >= 11 is 0. The molecule has 0 spiro atoms. The molecule has 0 radical (unpaired) electrons. The number of carboxylic acid groups (broad SMARTS) is 2. The van der Waals surface area contributed by atoms with E-state index in [-0.39, 0.29) is 0 Å². The number of hydrogen-bond acceptors (Lipinski definition) is 4. The summed E-state index contributed by atoms with van der Waals surface area (Å²) in [7, 11) is 0. The van der Waals surface area contributed by atoms with Gasteiger partial charge in [-0.3, -0.25) is 9.80 Å². The molecule has 2 bridgehead atoms. The van der Waals surface area contributed by atoms with Crippen LogP contribution < -0.4 is 0 Å². The molecular formula is C18H30N2O4. The smallest absolute Gasteiger partial charge is 0.414 e. The van der Waals surface area contributed by atoms with Crippen molar-refractivity contribution in [2.24, 2.45) is 11.8 Å². The lowest BCUT2D eigenvalue weighted by Gasteiger charge is -2.43. The number of piperazine rings is 1. The van der Waals surface area contributed by atoms with Crippen LogP contribution >= 0.6 is 0 Å². The quantitative estimate of drug-likeness (QED) is 0.749. The van der Waals surface area contributed by atoms with E-state index in [1.807, 2.05) is 0 Å².